The van der Waals surface area contributed by atoms with E-state index in [4.69, 9.17) is 0 Å². The summed E-state index contributed by atoms with van der Waals surface area (Å²) in [5.41, 5.74) is 3.15. The van der Waals surface area contributed by atoms with Crippen molar-refractivity contribution in [1.29, 1.82) is 0 Å². The third-order valence-corrected chi connectivity index (χ3v) is 4.33. The van der Waals surface area contributed by atoms with Crippen molar-refractivity contribution in [3.63, 3.8) is 0 Å². The summed E-state index contributed by atoms with van der Waals surface area (Å²) in [6, 6.07) is 18.3. The summed E-state index contributed by atoms with van der Waals surface area (Å²) in [5.74, 6) is 0.127. The van der Waals surface area contributed by atoms with Gasteiger partial charge in [0.05, 0.1) is 6.04 Å². The molecule has 114 valence electrons. The Morgan fingerprint density at radius 2 is 1.68 bits per heavy atom. The molecule has 2 aromatic rings. The maximum absolute atomic E-state index is 12.9. The van der Waals surface area contributed by atoms with Crippen molar-refractivity contribution in [2.75, 3.05) is 26.7 Å². The Labute approximate surface area is 132 Å². The van der Waals surface area contributed by atoms with Gasteiger partial charge in [-0.1, -0.05) is 48.0 Å². The smallest absolute Gasteiger partial charge is 0.254 e. The van der Waals surface area contributed by atoms with E-state index in [9.17, 15) is 4.79 Å². The maximum atomic E-state index is 12.9. The standard InChI is InChI=1S/C19H22N2O/c1-15-8-10-17(11-9-15)19(22)21-13-12-20(2)14-18(21)16-6-4-3-5-7-16/h3-11,18H,12-14H2,1-2H3/t18-/m1/s1. The molecular formula is C19H22N2O. The van der Waals surface area contributed by atoms with Gasteiger partial charge in [-0.25, -0.2) is 0 Å². The second-order valence-corrected chi connectivity index (χ2v) is 6.05. The zero-order valence-corrected chi connectivity index (χ0v) is 13.2. The number of carbonyl (C=O) groups is 1. The summed E-state index contributed by atoms with van der Waals surface area (Å²) in [6.07, 6.45) is 0. The molecule has 3 heteroatoms. The molecule has 0 radical (unpaired) electrons. The molecule has 0 aliphatic carbocycles. The van der Waals surface area contributed by atoms with Gasteiger partial charge in [0, 0.05) is 25.2 Å². The number of piperazine rings is 1. The topological polar surface area (TPSA) is 23.6 Å². The number of rotatable bonds is 2. The molecule has 2 aromatic carbocycles. The largest absolute Gasteiger partial charge is 0.329 e. The highest BCUT2D eigenvalue weighted by Gasteiger charge is 2.30. The van der Waals surface area contributed by atoms with E-state index in [1.807, 2.05) is 54.3 Å². The van der Waals surface area contributed by atoms with Crippen LogP contribution in [0, 0.1) is 6.92 Å². The molecule has 1 aliphatic rings. The number of aryl methyl sites for hydroxylation is 1. The molecule has 1 saturated heterocycles. The third kappa shape index (κ3) is 3.04. The zero-order chi connectivity index (χ0) is 15.5. The van der Waals surface area contributed by atoms with Gasteiger partial charge in [0.1, 0.15) is 0 Å². The lowest BCUT2D eigenvalue weighted by Crippen LogP contribution is -2.49. The molecule has 1 amide bonds. The zero-order valence-electron chi connectivity index (χ0n) is 13.2. The van der Waals surface area contributed by atoms with Crippen LogP contribution in [0.3, 0.4) is 0 Å². The second-order valence-electron chi connectivity index (χ2n) is 6.05. The van der Waals surface area contributed by atoms with E-state index < -0.39 is 0 Å². The van der Waals surface area contributed by atoms with Crippen molar-refractivity contribution in [3.05, 3.63) is 71.3 Å². The van der Waals surface area contributed by atoms with Gasteiger partial charge in [-0.3, -0.25) is 4.79 Å². The minimum absolute atomic E-state index is 0.119. The average Bonchev–Trinajstić information content (AvgIpc) is 2.56. The van der Waals surface area contributed by atoms with Gasteiger partial charge in [-0.2, -0.15) is 0 Å². The van der Waals surface area contributed by atoms with Gasteiger partial charge in [-0.05, 0) is 31.7 Å². The normalized spacial score (nSPS) is 19.2. The Balaban J connectivity index is 1.89. The summed E-state index contributed by atoms with van der Waals surface area (Å²) >= 11 is 0. The highest BCUT2D eigenvalue weighted by molar-refractivity contribution is 5.94. The SMILES string of the molecule is Cc1ccc(C(=O)N2CCN(C)C[C@@H]2c2ccccc2)cc1. The number of nitrogens with zero attached hydrogens (tertiary/aromatic N) is 2. The quantitative estimate of drug-likeness (QED) is 0.849. The molecule has 1 aliphatic heterocycles. The summed E-state index contributed by atoms with van der Waals surface area (Å²) in [4.78, 5) is 17.2. The monoisotopic (exact) mass is 294 g/mol. The fourth-order valence-corrected chi connectivity index (χ4v) is 2.98. The van der Waals surface area contributed by atoms with Crippen LogP contribution in [0.25, 0.3) is 0 Å². The van der Waals surface area contributed by atoms with E-state index in [1.165, 1.54) is 11.1 Å². The predicted octanol–water partition coefficient (Wildman–Crippen LogP) is 3.12. The minimum Gasteiger partial charge on any atom is -0.329 e. The molecule has 0 aromatic heterocycles. The van der Waals surface area contributed by atoms with E-state index in [-0.39, 0.29) is 11.9 Å². The van der Waals surface area contributed by atoms with Crippen molar-refractivity contribution in [2.24, 2.45) is 0 Å². The van der Waals surface area contributed by atoms with Crippen LogP contribution in [-0.4, -0.2) is 42.4 Å². The van der Waals surface area contributed by atoms with Crippen LogP contribution < -0.4 is 0 Å². The summed E-state index contributed by atoms with van der Waals surface area (Å²) in [7, 11) is 2.11. The highest BCUT2D eigenvalue weighted by Crippen LogP contribution is 2.26. The third-order valence-electron chi connectivity index (χ3n) is 4.33. The summed E-state index contributed by atoms with van der Waals surface area (Å²) in [6.45, 7) is 4.60. The van der Waals surface area contributed by atoms with Crippen molar-refractivity contribution in [3.8, 4) is 0 Å². The van der Waals surface area contributed by atoms with Crippen molar-refractivity contribution >= 4 is 5.91 Å². The molecule has 0 bridgehead atoms. The van der Waals surface area contributed by atoms with E-state index in [2.05, 4.69) is 24.1 Å². The number of amides is 1. The van der Waals surface area contributed by atoms with Gasteiger partial charge < -0.3 is 9.80 Å². The van der Waals surface area contributed by atoms with Crippen LogP contribution >= 0.6 is 0 Å². The average molecular weight is 294 g/mol. The fraction of sp³-hybridized carbons (Fsp3) is 0.316. The highest BCUT2D eigenvalue weighted by atomic mass is 16.2. The molecule has 0 N–H and O–H groups in total. The lowest BCUT2D eigenvalue weighted by atomic mass is 10.0. The van der Waals surface area contributed by atoms with E-state index >= 15 is 0 Å². The molecule has 22 heavy (non-hydrogen) atoms. The molecule has 1 fully saturated rings. The molecule has 1 heterocycles. The van der Waals surface area contributed by atoms with Crippen molar-refractivity contribution < 1.29 is 4.79 Å². The Hall–Kier alpha value is -2.13. The number of likely N-dealkylation sites (N-methyl/N-ethyl adjacent to an activating group) is 1. The van der Waals surface area contributed by atoms with Gasteiger partial charge in [0.15, 0.2) is 0 Å². The maximum Gasteiger partial charge on any atom is 0.254 e. The van der Waals surface area contributed by atoms with Crippen LogP contribution in [-0.2, 0) is 0 Å². The Morgan fingerprint density at radius 1 is 1.00 bits per heavy atom. The number of carbonyl (C=O) groups excluding carboxylic acids is 1. The molecular weight excluding hydrogens is 272 g/mol. The fourth-order valence-electron chi connectivity index (χ4n) is 2.98. The molecule has 0 spiro atoms. The first-order chi connectivity index (χ1) is 10.6. The number of hydrogen-bond acceptors (Lipinski definition) is 2. The number of benzene rings is 2. The Kier molecular flexibility index (Phi) is 4.25. The minimum atomic E-state index is 0.119. The lowest BCUT2D eigenvalue weighted by molar-refractivity contribution is 0.0498. The van der Waals surface area contributed by atoms with E-state index in [0.29, 0.717) is 0 Å². The van der Waals surface area contributed by atoms with Gasteiger partial charge in [-0.15, -0.1) is 0 Å². The van der Waals surface area contributed by atoms with Crippen LogP contribution in [0.2, 0.25) is 0 Å². The Morgan fingerprint density at radius 3 is 2.36 bits per heavy atom. The van der Waals surface area contributed by atoms with Crippen LogP contribution in [0.15, 0.2) is 54.6 Å². The van der Waals surface area contributed by atoms with E-state index in [1.54, 1.807) is 0 Å². The molecule has 1 atom stereocenters. The summed E-state index contributed by atoms with van der Waals surface area (Å²) in [5, 5.41) is 0. The lowest BCUT2D eigenvalue weighted by Gasteiger charge is -2.40. The predicted molar refractivity (Wildman–Crippen MR) is 88.9 cm³/mol. The first-order valence-corrected chi connectivity index (χ1v) is 7.76. The second kappa shape index (κ2) is 6.32. The first-order valence-electron chi connectivity index (χ1n) is 7.76. The van der Waals surface area contributed by atoms with Crippen molar-refractivity contribution in [2.45, 2.75) is 13.0 Å². The van der Waals surface area contributed by atoms with E-state index in [0.717, 1.165) is 25.2 Å². The van der Waals surface area contributed by atoms with Gasteiger partial charge in [0.25, 0.3) is 5.91 Å². The van der Waals surface area contributed by atoms with Crippen molar-refractivity contribution in [1.82, 2.24) is 9.80 Å². The van der Waals surface area contributed by atoms with Crippen LogP contribution in [0.5, 0.6) is 0 Å². The van der Waals surface area contributed by atoms with Crippen LogP contribution in [0.4, 0.5) is 0 Å². The Bertz CT molecular complexity index is 636. The molecule has 3 rings (SSSR count). The van der Waals surface area contributed by atoms with Gasteiger partial charge >= 0.3 is 0 Å². The van der Waals surface area contributed by atoms with Gasteiger partial charge in [0.2, 0.25) is 0 Å². The molecule has 3 nitrogen and oxygen atoms in total. The van der Waals surface area contributed by atoms with Crippen LogP contribution in [0.1, 0.15) is 27.5 Å². The number of hydrogen-bond donors (Lipinski definition) is 0. The molecule has 0 saturated carbocycles. The first kappa shape index (κ1) is 14.8. The summed E-state index contributed by atoms with van der Waals surface area (Å²) < 4.78 is 0. The molecule has 0 unspecified atom stereocenters.